The SMILES string of the molecule is O=C(F)C12CCCCC1=C1CCC3=C(CCC4CCCCC34)C1CC2. The van der Waals surface area contributed by atoms with Crippen LogP contribution < -0.4 is 0 Å². The van der Waals surface area contributed by atoms with Crippen molar-refractivity contribution in [3.05, 3.63) is 22.3 Å². The summed E-state index contributed by atoms with van der Waals surface area (Å²) in [5.74, 6) is 2.39. The molecule has 0 radical (unpaired) electrons. The first-order valence-electron chi connectivity index (χ1n) is 10.8. The van der Waals surface area contributed by atoms with E-state index in [1.165, 1.54) is 56.1 Å². The van der Waals surface area contributed by atoms with Crippen LogP contribution in [0.15, 0.2) is 22.3 Å². The molecule has 5 rings (SSSR count). The fourth-order valence-corrected chi connectivity index (χ4v) is 7.43. The number of allylic oxidation sites excluding steroid dienone is 4. The number of hydrogen-bond donors (Lipinski definition) is 0. The van der Waals surface area contributed by atoms with Crippen LogP contribution in [0.1, 0.15) is 89.9 Å². The van der Waals surface area contributed by atoms with Crippen LogP contribution in [0, 0.1) is 23.2 Å². The smallest absolute Gasteiger partial charge is 0.260 e. The fraction of sp³-hybridized carbons (Fsp3) is 0.783. The average Bonchev–Trinajstić information content (AvgIpc) is 2.66. The lowest BCUT2D eigenvalue weighted by atomic mass is 9.55. The monoisotopic (exact) mass is 342 g/mol. The molecule has 0 amide bonds. The second-order valence-electron chi connectivity index (χ2n) is 9.40. The van der Waals surface area contributed by atoms with Gasteiger partial charge < -0.3 is 0 Å². The Morgan fingerprint density at radius 2 is 1.64 bits per heavy atom. The Kier molecular flexibility index (Phi) is 3.95. The highest BCUT2D eigenvalue weighted by atomic mass is 19.1. The van der Waals surface area contributed by atoms with Crippen molar-refractivity contribution in [3.63, 3.8) is 0 Å². The van der Waals surface area contributed by atoms with Gasteiger partial charge in [-0.05, 0) is 82.5 Å². The van der Waals surface area contributed by atoms with Crippen molar-refractivity contribution in [1.82, 2.24) is 0 Å². The van der Waals surface area contributed by atoms with Crippen molar-refractivity contribution < 1.29 is 9.18 Å². The van der Waals surface area contributed by atoms with Crippen molar-refractivity contribution in [2.24, 2.45) is 23.2 Å². The standard InChI is InChI=1S/C23H31FO/c24-22(25)23-13-4-3-7-21(23)20-11-10-17-16-6-2-1-5-15(16)8-9-18(17)19(20)12-14-23/h15-16,19H,1-14H2. The molecule has 0 saturated heterocycles. The Bertz CT molecular complexity index is 657. The summed E-state index contributed by atoms with van der Waals surface area (Å²) in [5.41, 5.74) is 5.65. The number of hydrogen-bond acceptors (Lipinski definition) is 1. The predicted octanol–water partition coefficient (Wildman–Crippen LogP) is 6.44. The quantitative estimate of drug-likeness (QED) is 0.396. The molecule has 0 bridgehead atoms. The van der Waals surface area contributed by atoms with Crippen molar-refractivity contribution >= 4 is 6.04 Å². The summed E-state index contributed by atoms with van der Waals surface area (Å²) < 4.78 is 14.1. The second-order valence-corrected chi connectivity index (χ2v) is 9.40. The highest BCUT2D eigenvalue weighted by Gasteiger charge is 2.50. The van der Waals surface area contributed by atoms with Gasteiger partial charge in [-0.15, -0.1) is 0 Å². The Balaban J connectivity index is 1.55. The Morgan fingerprint density at radius 1 is 0.800 bits per heavy atom. The number of rotatable bonds is 1. The topological polar surface area (TPSA) is 17.1 Å². The number of carbonyl (C=O) groups excluding carboxylic acids is 1. The molecule has 2 saturated carbocycles. The molecule has 0 aromatic heterocycles. The van der Waals surface area contributed by atoms with E-state index in [1.807, 2.05) is 5.57 Å². The zero-order valence-corrected chi connectivity index (χ0v) is 15.4. The molecule has 0 aromatic carbocycles. The Hall–Kier alpha value is -0.920. The fourth-order valence-electron chi connectivity index (χ4n) is 7.43. The molecular weight excluding hydrogens is 311 g/mol. The molecular formula is C23H31FO. The number of halogens is 1. The largest absolute Gasteiger partial charge is 0.311 e. The molecule has 0 N–H and O–H groups in total. The molecule has 25 heavy (non-hydrogen) atoms. The number of fused-ring (bicyclic) bond motifs is 5. The van der Waals surface area contributed by atoms with Crippen LogP contribution >= 0.6 is 0 Å². The highest BCUT2D eigenvalue weighted by Crippen LogP contribution is 2.59. The molecule has 136 valence electrons. The molecule has 4 atom stereocenters. The van der Waals surface area contributed by atoms with Crippen LogP contribution in [-0.2, 0) is 4.79 Å². The van der Waals surface area contributed by atoms with Gasteiger partial charge in [0.05, 0.1) is 5.41 Å². The summed E-state index contributed by atoms with van der Waals surface area (Å²) in [5, 5.41) is 0. The van der Waals surface area contributed by atoms with Crippen LogP contribution in [0.25, 0.3) is 0 Å². The lowest BCUT2D eigenvalue weighted by Crippen LogP contribution is -2.41. The van der Waals surface area contributed by atoms with Crippen LogP contribution in [0.2, 0.25) is 0 Å². The Morgan fingerprint density at radius 3 is 2.52 bits per heavy atom. The summed E-state index contributed by atoms with van der Waals surface area (Å²) in [7, 11) is 0. The molecule has 5 aliphatic rings. The zero-order chi connectivity index (χ0) is 17.0. The minimum atomic E-state index is -1.02. The van der Waals surface area contributed by atoms with E-state index in [0.29, 0.717) is 5.92 Å². The summed E-state index contributed by atoms with van der Waals surface area (Å²) in [6, 6.07) is -1.02. The predicted molar refractivity (Wildman–Crippen MR) is 97.7 cm³/mol. The highest BCUT2D eigenvalue weighted by molar-refractivity contribution is 5.80. The molecule has 2 fully saturated rings. The maximum atomic E-state index is 14.1. The molecule has 0 heterocycles. The molecule has 2 heteroatoms. The van der Waals surface area contributed by atoms with Gasteiger partial charge in [0.15, 0.2) is 0 Å². The molecule has 4 unspecified atom stereocenters. The van der Waals surface area contributed by atoms with E-state index >= 15 is 0 Å². The summed E-state index contributed by atoms with van der Waals surface area (Å²) in [4.78, 5) is 12.0. The van der Waals surface area contributed by atoms with Crippen LogP contribution in [0.3, 0.4) is 0 Å². The van der Waals surface area contributed by atoms with Gasteiger partial charge >= 0.3 is 6.04 Å². The lowest BCUT2D eigenvalue weighted by molar-refractivity contribution is -0.140. The van der Waals surface area contributed by atoms with Crippen LogP contribution in [-0.4, -0.2) is 6.04 Å². The van der Waals surface area contributed by atoms with Crippen molar-refractivity contribution in [2.75, 3.05) is 0 Å². The first-order valence-corrected chi connectivity index (χ1v) is 10.8. The normalized spacial score (nSPS) is 40.8. The third-order valence-corrected chi connectivity index (χ3v) is 8.54. The minimum absolute atomic E-state index is 0.576. The van der Waals surface area contributed by atoms with Crippen molar-refractivity contribution in [2.45, 2.75) is 89.9 Å². The average molecular weight is 342 g/mol. The molecule has 0 aromatic rings. The van der Waals surface area contributed by atoms with E-state index in [-0.39, 0.29) is 0 Å². The van der Waals surface area contributed by atoms with Gasteiger partial charge in [0, 0.05) is 5.92 Å². The van der Waals surface area contributed by atoms with E-state index in [2.05, 4.69) is 0 Å². The van der Waals surface area contributed by atoms with Gasteiger partial charge in [0.25, 0.3) is 0 Å². The van der Waals surface area contributed by atoms with Crippen LogP contribution in [0.5, 0.6) is 0 Å². The Labute approximate surface area is 151 Å². The first kappa shape index (κ1) is 16.3. The summed E-state index contributed by atoms with van der Waals surface area (Å²) in [6.45, 7) is 0. The van der Waals surface area contributed by atoms with Gasteiger partial charge in [0.1, 0.15) is 0 Å². The van der Waals surface area contributed by atoms with Gasteiger partial charge in [-0.25, -0.2) is 0 Å². The van der Waals surface area contributed by atoms with Gasteiger partial charge in [0.2, 0.25) is 0 Å². The van der Waals surface area contributed by atoms with E-state index in [4.69, 9.17) is 0 Å². The number of carbonyl (C=O) groups is 1. The molecule has 5 aliphatic carbocycles. The van der Waals surface area contributed by atoms with Crippen molar-refractivity contribution in [1.29, 1.82) is 0 Å². The van der Waals surface area contributed by atoms with E-state index in [1.54, 1.807) is 5.57 Å². The molecule has 1 nitrogen and oxygen atoms in total. The first-order chi connectivity index (χ1) is 12.2. The van der Waals surface area contributed by atoms with Gasteiger partial charge in [-0.1, -0.05) is 41.6 Å². The van der Waals surface area contributed by atoms with Crippen LogP contribution in [0.4, 0.5) is 4.39 Å². The zero-order valence-electron chi connectivity index (χ0n) is 15.4. The van der Waals surface area contributed by atoms with Crippen molar-refractivity contribution in [3.8, 4) is 0 Å². The summed E-state index contributed by atoms with van der Waals surface area (Å²) in [6.07, 6.45) is 16.4. The second kappa shape index (κ2) is 6.06. The maximum Gasteiger partial charge on any atom is 0.311 e. The van der Waals surface area contributed by atoms with E-state index in [0.717, 1.165) is 56.8 Å². The van der Waals surface area contributed by atoms with E-state index < -0.39 is 11.5 Å². The minimum Gasteiger partial charge on any atom is -0.260 e. The molecule has 0 spiro atoms. The maximum absolute atomic E-state index is 14.1. The lowest BCUT2D eigenvalue weighted by Gasteiger charge is -2.49. The third-order valence-electron chi connectivity index (χ3n) is 8.54. The summed E-state index contributed by atoms with van der Waals surface area (Å²) >= 11 is 0. The van der Waals surface area contributed by atoms with Gasteiger partial charge in [-0.2, -0.15) is 4.39 Å². The molecule has 0 aliphatic heterocycles. The van der Waals surface area contributed by atoms with Gasteiger partial charge in [-0.3, -0.25) is 4.79 Å². The van der Waals surface area contributed by atoms with E-state index in [9.17, 15) is 9.18 Å². The third kappa shape index (κ3) is 2.35.